The molecule has 2 aromatic carbocycles. The van der Waals surface area contributed by atoms with Gasteiger partial charge in [0.25, 0.3) is 0 Å². The normalized spacial score (nSPS) is 13.9. The molecular weight excluding hydrogens is 496 g/mol. The van der Waals surface area contributed by atoms with E-state index in [9.17, 15) is 10.2 Å². The molecule has 2 aromatic rings. The van der Waals surface area contributed by atoms with Crippen molar-refractivity contribution >= 4 is 22.7 Å². The van der Waals surface area contributed by atoms with E-state index in [4.69, 9.17) is 0 Å². The van der Waals surface area contributed by atoms with Crippen LogP contribution in [0.1, 0.15) is 64.9 Å². The van der Waals surface area contributed by atoms with Gasteiger partial charge in [-0.05, 0) is 60.9 Å². The minimum atomic E-state index is 0.0920. The van der Waals surface area contributed by atoms with Crippen molar-refractivity contribution in [2.75, 3.05) is 90.5 Å². The Balaban J connectivity index is 1.81. The van der Waals surface area contributed by atoms with E-state index >= 15 is 0 Å². The van der Waals surface area contributed by atoms with E-state index in [1.165, 1.54) is 41.2 Å². The average molecular weight is 555 g/mol. The summed E-state index contributed by atoms with van der Waals surface area (Å²) in [5, 5.41) is 18.5. The number of hydrogen-bond donors (Lipinski definition) is 2. The van der Waals surface area contributed by atoms with E-state index in [1.807, 2.05) is 0 Å². The summed E-state index contributed by atoms with van der Waals surface area (Å²) in [7, 11) is 9.11. The predicted octanol–water partition coefficient (Wildman–Crippen LogP) is 6.05. The molecule has 0 aromatic heterocycles. The maximum absolute atomic E-state index is 9.26. The van der Waals surface area contributed by atoms with Gasteiger partial charge in [0.2, 0.25) is 0 Å². The highest BCUT2D eigenvalue weighted by Crippen LogP contribution is 2.49. The Morgan fingerprint density at radius 3 is 1.45 bits per heavy atom. The van der Waals surface area contributed by atoms with E-state index in [2.05, 4.69) is 101 Å². The molecule has 40 heavy (non-hydrogen) atoms. The first-order valence-corrected chi connectivity index (χ1v) is 15.5. The minimum Gasteiger partial charge on any atom is -0.396 e. The third kappa shape index (κ3) is 8.94. The van der Waals surface area contributed by atoms with Crippen molar-refractivity contribution < 1.29 is 19.2 Å². The zero-order valence-electron chi connectivity index (χ0n) is 26.6. The number of benzene rings is 2. The second-order valence-corrected chi connectivity index (χ2v) is 14.1. The van der Waals surface area contributed by atoms with Gasteiger partial charge in [-0.15, -0.1) is 0 Å². The first-order valence-electron chi connectivity index (χ1n) is 15.5. The minimum absolute atomic E-state index is 0.0920. The molecule has 0 amide bonds. The zero-order chi connectivity index (χ0) is 29.4. The lowest BCUT2D eigenvalue weighted by Crippen LogP contribution is -2.42. The van der Waals surface area contributed by atoms with Gasteiger partial charge in [-0.2, -0.15) is 0 Å². The Labute approximate surface area is 245 Å². The van der Waals surface area contributed by atoms with Crippen LogP contribution in [0.5, 0.6) is 0 Å². The van der Waals surface area contributed by atoms with Crippen LogP contribution < -0.4 is 9.80 Å². The molecule has 0 radical (unpaired) electrons. The van der Waals surface area contributed by atoms with E-state index in [0.29, 0.717) is 0 Å². The molecule has 0 bridgehead atoms. The summed E-state index contributed by atoms with van der Waals surface area (Å²) in [6.07, 6.45) is 6.33. The number of hydrogen-bond acceptors (Lipinski definition) is 4. The van der Waals surface area contributed by atoms with Gasteiger partial charge in [0.05, 0.1) is 77.1 Å². The molecule has 0 fully saturated rings. The van der Waals surface area contributed by atoms with Crippen LogP contribution >= 0.6 is 0 Å². The van der Waals surface area contributed by atoms with E-state index < -0.39 is 0 Å². The van der Waals surface area contributed by atoms with Crippen molar-refractivity contribution in [2.45, 2.75) is 64.7 Å². The number of para-hydroxylation sites is 2. The molecule has 0 unspecified atom stereocenters. The van der Waals surface area contributed by atoms with E-state index in [0.717, 1.165) is 73.9 Å². The zero-order valence-corrected chi connectivity index (χ0v) is 26.6. The van der Waals surface area contributed by atoms with Crippen LogP contribution in [0.15, 0.2) is 42.5 Å². The van der Waals surface area contributed by atoms with Gasteiger partial charge in [-0.3, -0.25) is 0 Å². The number of unbranched alkanes of at least 4 members (excludes halogenated alkanes) is 2. The summed E-state index contributed by atoms with van der Waals surface area (Å²) in [6, 6.07) is 16.1. The molecule has 6 nitrogen and oxygen atoms in total. The van der Waals surface area contributed by atoms with E-state index in [1.54, 1.807) is 0 Å². The monoisotopic (exact) mass is 554 g/mol. The highest BCUT2D eigenvalue weighted by Gasteiger charge is 2.29. The maximum Gasteiger partial charge on any atom is 0.0804 e. The fraction of sp³-hybridized carbons (Fsp3) is 0.647. The highest BCUT2D eigenvalue weighted by molar-refractivity contribution is 5.93. The van der Waals surface area contributed by atoms with Crippen molar-refractivity contribution in [1.82, 2.24) is 0 Å². The van der Waals surface area contributed by atoms with Gasteiger partial charge in [0.1, 0.15) is 0 Å². The summed E-state index contributed by atoms with van der Waals surface area (Å²) in [6.45, 7) is 13.8. The largest absolute Gasteiger partial charge is 0.396 e. The summed E-state index contributed by atoms with van der Waals surface area (Å²) < 4.78 is 1.93. The number of quaternary nitrogens is 2. The SMILES string of the molecule is CC(C)(C)c1ccc2c(c1)N(CCCC[N+](C)(C)CCCO)c1ccccc1N2CCCC[N+](C)(C)CCCO. The molecule has 0 atom stereocenters. The van der Waals surface area contributed by atoms with Crippen LogP contribution in [0.25, 0.3) is 0 Å². The first kappa shape index (κ1) is 32.4. The predicted molar refractivity (Wildman–Crippen MR) is 171 cm³/mol. The van der Waals surface area contributed by atoms with Crippen LogP contribution in [0.4, 0.5) is 22.7 Å². The van der Waals surface area contributed by atoms with Crippen molar-refractivity contribution in [1.29, 1.82) is 0 Å². The lowest BCUT2D eigenvalue weighted by atomic mass is 9.86. The molecule has 2 N–H and O–H groups in total. The number of aliphatic hydroxyl groups excluding tert-OH is 2. The van der Waals surface area contributed by atoms with Gasteiger partial charge in [-0.1, -0.05) is 39.0 Å². The summed E-state index contributed by atoms with van der Waals surface area (Å²) in [5.74, 6) is 0. The smallest absolute Gasteiger partial charge is 0.0804 e. The fourth-order valence-corrected chi connectivity index (χ4v) is 5.94. The first-order chi connectivity index (χ1) is 18.9. The maximum atomic E-state index is 9.26. The quantitative estimate of drug-likeness (QED) is 0.196. The summed E-state index contributed by atoms with van der Waals surface area (Å²) >= 11 is 0. The summed E-state index contributed by atoms with van der Waals surface area (Å²) in [4.78, 5) is 5.12. The topological polar surface area (TPSA) is 46.9 Å². The van der Waals surface area contributed by atoms with Gasteiger partial charge in [0.15, 0.2) is 0 Å². The second-order valence-electron chi connectivity index (χ2n) is 14.1. The second kappa shape index (κ2) is 14.2. The Bertz CT molecular complexity index is 1060. The lowest BCUT2D eigenvalue weighted by molar-refractivity contribution is -0.890. The number of fused-ring (bicyclic) bond motifs is 2. The Hall–Kier alpha value is -2.12. The number of aliphatic hydroxyl groups is 2. The molecule has 6 heteroatoms. The molecule has 1 aliphatic rings. The lowest BCUT2D eigenvalue weighted by Gasteiger charge is -2.41. The van der Waals surface area contributed by atoms with Crippen molar-refractivity contribution in [3.05, 3.63) is 48.0 Å². The molecular formula is C34H58N4O2+2. The third-order valence-corrected chi connectivity index (χ3v) is 8.52. The van der Waals surface area contributed by atoms with Crippen LogP contribution in [0, 0.1) is 0 Å². The Morgan fingerprint density at radius 2 is 1.00 bits per heavy atom. The number of nitrogens with zero attached hydrogens (tertiary/aromatic N) is 4. The molecule has 1 heterocycles. The average Bonchev–Trinajstić information content (AvgIpc) is 2.90. The highest BCUT2D eigenvalue weighted by atomic mass is 16.3. The number of rotatable bonds is 16. The Morgan fingerprint density at radius 1 is 0.575 bits per heavy atom. The van der Waals surface area contributed by atoms with Gasteiger partial charge < -0.3 is 29.0 Å². The van der Waals surface area contributed by atoms with Crippen molar-refractivity contribution in [3.8, 4) is 0 Å². The molecule has 1 aliphatic heterocycles. The van der Waals surface area contributed by atoms with Crippen LogP contribution in [-0.4, -0.2) is 99.9 Å². The molecule has 0 spiro atoms. The molecule has 224 valence electrons. The molecule has 3 rings (SSSR count). The van der Waals surface area contributed by atoms with Crippen LogP contribution in [0.3, 0.4) is 0 Å². The van der Waals surface area contributed by atoms with Gasteiger partial charge >= 0.3 is 0 Å². The Kier molecular flexibility index (Phi) is 11.5. The van der Waals surface area contributed by atoms with Crippen LogP contribution in [0.2, 0.25) is 0 Å². The van der Waals surface area contributed by atoms with Crippen LogP contribution in [-0.2, 0) is 5.41 Å². The summed E-state index contributed by atoms with van der Waals surface area (Å²) in [5.41, 5.74) is 6.74. The third-order valence-electron chi connectivity index (χ3n) is 8.52. The van der Waals surface area contributed by atoms with Gasteiger partial charge in [-0.25, -0.2) is 0 Å². The molecule has 0 aliphatic carbocycles. The van der Waals surface area contributed by atoms with Crippen molar-refractivity contribution in [2.24, 2.45) is 0 Å². The molecule has 0 saturated carbocycles. The van der Waals surface area contributed by atoms with Crippen molar-refractivity contribution in [3.63, 3.8) is 0 Å². The van der Waals surface area contributed by atoms with Gasteiger partial charge in [0, 0.05) is 39.1 Å². The molecule has 0 saturated heterocycles. The number of anilines is 4. The standard InChI is InChI=1S/C34H58N4O2/c1-34(2,3)29-18-19-32-33(28-29)36(21-11-13-23-38(6,7)25-15-27-40)31-17-9-8-16-30(31)35(32)20-10-12-22-37(4,5)24-14-26-39/h8-9,16-19,28,39-40H,10-15,20-27H2,1-7H3/q+2. The fourth-order valence-electron chi connectivity index (χ4n) is 5.94. The van der Waals surface area contributed by atoms with E-state index in [-0.39, 0.29) is 18.6 Å².